The summed E-state index contributed by atoms with van der Waals surface area (Å²) in [6.07, 6.45) is 2.50. The average molecular weight is 209 g/mol. The lowest BCUT2D eigenvalue weighted by atomic mass is 10.1. The van der Waals surface area contributed by atoms with E-state index in [1.165, 1.54) is 19.3 Å². The number of hydrogen-bond donors (Lipinski definition) is 1. The Bertz CT molecular complexity index is 447. The zero-order chi connectivity index (χ0) is 11.4. The number of rotatable bonds is 3. The average Bonchev–Trinajstić information content (AvgIpc) is 2.17. The second-order valence-electron chi connectivity index (χ2n) is 2.89. The van der Waals surface area contributed by atoms with Gasteiger partial charge in [0.05, 0.1) is 12.2 Å². The summed E-state index contributed by atoms with van der Waals surface area (Å²) in [7, 11) is 0. The van der Waals surface area contributed by atoms with E-state index >= 15 is 0 Å². The highest BCUT2D eigenvalue weighted by Gasteiger charge is 2.15. The molecular weight excluding hydrogens is 198 g/mol. The van der Waals surface area contributed by atoms with Gasteiger partial charge in [0.2, 0.25) is 5.43 Å². The van der Waals surface area contributed by atoms with Crippen LogP contribution in [0.5, 0.6) is 0 Å². The highest BCUT2D eigenvalue weighted by Crippen LogP contribution is 1.97. The van der Waals surface area contributed by atoms with Gasteiger partial charge in [-0.2, -0.15) is 0 Å². The number of H-pyrrole nitrogens is 1. The number of esters is 1. The number of carbonyl (C=O) groups is 2. The second-order valence-corrected chi connectivity index (χ2v) is 2.89. The maximum absolute atomic E-state index is 11.6. The molecule has 1 aromatic rings. The number of ether oxygens (including phenoxy) is 1. The minimum atomic E-state index is -0.721. The quantitative estimate of drug-likeness (QED) is 0.588. The van der Waals surface area contributed by atoms with Gasteiger partial charge in [-0.15, -0.1) is 0 Å². The van der Waals surface area contributed by atoms with E-state index in [0.717, 1.165) is 0 Å². The van der Waals surface area contributed by atoms with Crippen LogP contribution in [0.2, 0.25) is 0 Å². The maximum Gasteiger partial charge on any atom is 0.343 e. The Labute approximate surface area is 86.1 Å². The molecule has 0 bridgehead atoms. The van der Waals surface area contributed by atoms with E-state index in [2.05, 4.69) is 9.72 Å². The Morgan fingerprint density at radius 1 is 1.33 bits per heavy atom. The fourth-order valence-corrected chi connectivity index (χ4v) is 1.11. The zero-order valence-electron chi connectivity index (χ0n) is 8.49. The minimum Gasteiger partial charge on any atom is -0.462 e. The number of carbonyl (C=O) groups excluding carboxylic acids is 2. The summed E-state index contributed by atoms with van der Waals surface area (Å²) in [5, 5.41) is 0. The van der Waals surface area contributed by atoms with Gasteiger partial charge in [0.15, 0.2) is 5.78 Å². The molecule has 0 spiro atoms. The largest absolute Gasteiger partial charge is 0.462 e. The van der Waals surface area contributed by atoms with Crippen molar-refractivity contribution in [2.24, 2.45) is 0 Å². The Balaban J connectivity index is 3.21. The number of aromatic amines is 1. The lowest BCUT2D eigenvalue weighted by molar-refractivity contribution is 0.0524. The predicted octanol–water partition coefficient (Wildman–Crippen LogP) is 0.754. The molecule has 1 aromatic heterocycles. The molecule has 0 amide bonds. The monoisotopic (exact) mass is 209 g/mol. The summed E-state index contributed by atoms with van der Waals surface area (Å²) in [6.45, 7) is 3.09. The standard InChI is InChI=1S/C10H11NO4/c1-3-15-10(14)8-5-11-4-7(6(2)12)9(8)13/h4-5H,3H2,1-2H3,(H,11,13). The molecule has 1 N–H and O–H groups in total. The van der Waals surface area contributed by atoms with Gasteiger partial charge in [-0.25, -0.2) is 4.79 Å². The van der Waals surface area contributed by atoms with Crippen molar-refractivity contribution in [3.63, 3.8) is 0 Å². The van der Waals surface area contributed by atoms with Gasteiger partial charge in [0.1, 0.15) is 5.56 Å². The van der Waals surface area contributed by atoms with E-state index < -0.39 is 11.4 Å². The van der Waals surface area contributed by atoms with Gasteiger partial charge in [-0.3, -0.25) is 9.59 Å². The van der Waals surface area contributed by atoms with E-state index in [1.807, 2.05) is 0 Å². The van der Waals surface area contributed by atoms with Crippen molar-refractivity contribution in [3.05, 3.63) is 33.7 Å². The summed E-state index contributed by atoms with van der Waals surface area (Å²) in [6, 6.07) is 0. The van der Waals surface area contributed by atoms with Gasteiger partial charge in [0.25, 0.3) is 0 Å². The number of hydrogen-bond acceptors (Lipinski definition) is 4. The van der Waals surface area contributed by atoms with E-state index in [0.29, 0.717) is 0 Å². The van der Waals surface area contributed by atoms with Crippen molar-refractivity contribution in [1.82, 2.24) is 4.98 Å². The van der Waals surface area contributed by atoms with Crippen molar-refractivity contribution in [3.8, 4) is 0 Å². The summed E-state index contributed by atoms with van der Waals surface area (Å²) < 4.78 is 4.67. The van der Waals surface area contributed by atoms with Gasteiger partial charge in [0, 0.05) is 12.4 Å². The number of ketones is 1. The topological polar surface area (TPSA) is 76.2 Å². The Hall–Kier alpha value is -1.91. The Morgan fingerprint density at radius 3 is 2.47 bits per heavy atom. The molecule has 5 nitrogen and oxygen atoms in total. The van der Waals surface area contributed by atoms with Crippen LogP contribution in [0.15, 0.2) is 17.2 Å². The van der Waals surface area contributed by atoms with Crippen LogP contribution in [0.3, 0.4) is 0 Å². The molecule has 0 saturated heterocycles. The number of Topliss-reactive ketones (excluding diaryl/α,β-unsaturated/α-hetero) is 1. The molecule has 0 radical (unpaired) electrons. The van der Waals surface area contributed by atoms with E-state index in [9.17, 15) is 14.4 Å². The van der Waals surface area contributed by atoms with Crippen molar-refractivity contribution >= 4 is 11.8 Å². The maximum atomic E-state index is 11.6. The van der Waals surface area contributed by atoms with Crippen molar-refractivity contribution in [1.29, 1.82) is 0 Å². The first-order valence-electron chi connectivity index (χ1n) is 4.47. The number of aromatic nitrogens is 1. The first kappa shape index (κ1) is 11.2. The van der Waals surface area contributed by atoms with Crippen LogP contribution in [0, 0.1) is 0 Å². The minimum absolute atomic E-state index is 0.0412. The Morgan fingerprint density at radius 2 is 1.93 bits per heavy atom. The van der Waals surface area contributed by atoms with Crippen LogP contribution in [-0.4, -0.2) is 23.3 Å². The summed E-state index contributed by atoms with van der Waals surface area (Å²) in [5.41, 5.74) is -0.787. The second kappa shape index (κ2) is 4.54. The van der Waals surface area contributed by atoms with Gasteiger partial charge in [-0.1, -0.05) is 0 Å². The van der Waals surface area contributed by atoms with Crippen LogP contribution in [0.4, 0.5) is 0 Å². The SMILES string of the molecule is CCOC(=O)c1c[nH]cc(C(C)=O)c1=O. The third-order valence-corrected chi connectivity index (χ3v) is 1.82. The van der Waals surface area contributed by atoms with E-state index in [1.54, 1.807) is 6.92 Å². The number of nitrogens with one attached hydrogen (secondary N) is 1. The predicted molar refractivity (Wildman–Crippen MR) is 53.0 cm³/mol. The van der Waals surface area contributed by atoms with E-state index in [4.69, 9.17) is 0 Å². The molecule has 0 fully saturated rings. The van der Waals surface area contributed by atoms with Crippen LogP contribution in [0.25, 0.3) is 0 Å². The molecule has 0 aliphatic carbocycles. The third kappa shape index (κ3) is 2.31. The van der Waals surface area contributed by atoms with Gasteiger partial charge < -0.3 is 9.72 Å². The first-order valence-corrected chi connectivity index (χ1v) is 4.47. The lowest BCUT2D eigenvalue weighted by Crippen LogP contribution is -2.22. The molecule has 80 valence electrons. The fraction of sp³-hybridized carbons (Fsp3) is 0.300. The molecule has 1 rings (SSSR count). The highest BCUT2D eigenvalue weighted by atomic mass is 16.5. The van der Waals surface area contributed by atoms with Crippen LogP contribution < -0.4 is 5.43 Å². The smallest absolute Gasteiger partial charge is 0.343 e. The van der Waals surface area contributed by atoms with Crippen LogP contribution in [-0.2, 0) is 4.74 Å². The fourth-order valence-electron chi connectivity index (χ4n) is 1.11. The van der Waals surface area contributed by atoms with E-state index in [-0.39, 0.29) is 23.5 Å². The molecule has 0 aromatic carbocycles. The van der Waals surface area contributed by atoms with Crippen LogP contribution in [0.1, 0.15) is 34.6 Å². The lowest BCUT2D eigenvalue weighted by Gasteiger charge is -2.01. The summed E-state index contributed by atoms with van der Waals surface area (Å²) in [4.78, 5) is 36.5. The third-order valence-electron chi connectivity index (χ3n) is 1.82. The first-order chi connectivity index (χ1) is 7.07. The molecule has 0 aliphatic heterocycles. The summed E-state index contributed by atoms with van der Waals surface area (Å²) >= 11 is 0. The molecule has 15 heavy (non-hydrogen) atoms. The Kier molecular flexibility index (Phi) is 3.38. The summed E-state index contributed by atoms with van der Waals surface area (Å²) in [5.74, 6) is -1.11. The van der Waals surface area contributed by atoms with Gasteiger partial charge >= 0.3 is 5.97 Å². The molecule has 0 saturated carbocycles. The normalized spacial score (nSPS) is 9.73. The number of pyridine rings is 1. The molecule has 1 heterocycles. The molecule has 0 aliphatic rings. The highest BCUT2D eigenvalue weighted by molar-refractivity contribution is 5.97. The van der Waals surface area contributed by atoms with Gasteiger partial charge in [-0.05, 0) is 13.8 Å². The molecule has 0 atom stereocenters. The van der Waals surface area contributed by atoms with Crippen molar-refractivity contribution in [2.45, 2.75) is 13.8 Å². The van der Waals surface area contributed by atoms with Crippen molar-refractivity contribution in [2.75, 3.05) is 6.61 Å². The molecule has 0 unspecified atom stereocenters. The zero-order valence-corrected chi connectivity index (χ0v) is 8.49. The van der Waals surface area contributed by atoms with Crippen molar-refractivity contribution < 1.29 is 14.3 Å². The van der Waals surface area contributed by atoms with Crippen LogP contribution >= 0.6 is 0 Å². The molecule has 5 heteroatoms. The molecular formula is C10H11NO4.